The molecule has 0 saturated heterocycles. The fourth-order valence-electron chi connectivity index (χ4n) is 2.92. The van der Waals surface area contributed by atoms with E-state index in [1.165, 1.54) is 18.3 Å². The van der Waals surface area contributed by atoms with Crippen LogP contribution in [-0.2, 0) is 14.3 Å². The molecule has 0 fully saturated rings. The largest absolute Gasteiger partial charge is 0.388 e. The number of aryl methyl sites for hydroxylation is 1. The molecule has 3 aromatic rings. The summed E-state index contributed by atoms with van der Waals surface area (Å²) in [5.41, 5.74) is 7.52. The number of aliphatic hydroxyl groups is 3. The smallest absolute Gasteiger partial charge is 0.297 e. The lowest BCUT2D eigenvalue weighted by molar-refractivity contribution is -0.0497. The summed E-state index contributed by atoms with van der Waals surface area (Å²) < 4.78 is 29.6. The minimum atomic E-state index is -4.17. The number of hydrogen-bond acceptors (Lipinski definition) is 10. The second-order valence-electron chi connectivity index (χ2n) is 7.80. The molecule has 0 aliphatic heterocycles. The summed E-state index contributed by atoms with van der Waals surface area (Å²) in [6.07, 6.45) is -4.15. The van der Waals surface area contributed by atoms with Crippen LogP contribution >= 0.6 is 0 Å². The molecule has 10 nitrogen and oxygen atoms in total. The number of hydrogen-bond donors (Lipinski definition) is 5. The zero-order valence-electron chi connectivity index (χ0n) is 19.5. The third-order valence-corrected chi connectivity index (χ3v) is 6.27. The van der Waals surface area contributed by atoms with E-state index in [0.717, 1.165) is 5.56 Å². The zero-order chi connectivity index (χ0) is 26.0. The minimum Gasteiger partial charge on any atom is -0.388 e. The van der Waals surface area contributed by atoms with Gasteiger partial charge in [0.05, 0.1) is 29.1 Å². The van der Waals surface area contributed by atoms with Gasteiger partial charge in [-0.2, -0.15) is 18.6 Å². The van der Waals surface area contributed by atoms with Crippen LogP contribution in [0.25, 0.3) is 0 Å². The second kappa shape index (κ2) is 12.9. The molecule has 0 amide bonds. The van der Waals surface area contributed by atoms with Crippen molar-refractivity contribution in [2.45, 2.75) is 30.1 Å². The fraction of sp³-hybridized carbons (Fsp3) is 0.200. The molecular weight excluding hydrogens is 484 g/mol. The lowest BCUT2D eigenvalue weighted by Gasteiger charge is -2.22. The Bertz CT molecular complexity index is 1250. The van der Waals surface area contributed by atoms with Crippen molar-refractivity contribution in [3.05, 3.63) is 90.5 Å². The van der Waals surface area contributed by atoms with Crippen LogP contribution in [0.5, 0.6) is 0 Å². The van der Waals surface area contributed by atoms with Gasteiger partial charge in [0.2, 0.25) is 0 Å². The van der Waals surface area contributed by atoms with Crippen LogP contribution in [0.1, 0.15) is 5.56 Å². The van der Waals surface area contributed by atoms with Gasteiger partial charge in [-0.15, -0.1) is 0 Å². The van der Waals surface area contributed by atoms with Gasteiger partial charge < -0.3 is 15.3 Å². The molecule has 3 unspecified atom stereocenters. The van der Waals surface area contributed by atoms with Crippen molar-refractivity contribution in [3.8, 4) is 0 Å². The number of aliphatic hydroxyl groups excluding tert-OH is 3. The van der Waals surface area contributed by atoms with E-state index in [4.69, 9.17) is 4.18 Å². The van der Waals surface area contributed by atoms with E-state index in [2.05, 4.69) is 21.1 Å². The molecule has 3 aromatic carbocycles. The average Bonchev–Trinajstić information content (AvgIpc) is 2.90. The van der Waals surface area contributed by atoms with Crippen LogP contribution in [0.4, 0.5) is 11.4 Å². The van der Waals surface area contributed by atoms with Gasteiger partial charge in [-0.25, -0.2) is 0 Å². The van der Waals surface area contributed by atoms with Crippen LogP contribution in [0.3, 0.4) is 0 Å². The molecule has 0 aliphatic rings. The van der Waals surface area contributed by atoms with Gasteiger partial charge in [0.15, 0.2) is 0 Å². The van der Waals surface area contributed by atoms with E-state index in [1.54, 1.807) is 48.5 Å². The van der Waals surface area contributed by atoms with Crippen LogP contribution in [0.2, 0.25) is 0 Å². The van der Waals surface area contributed by atoms with Crippen molar-refractivity contribution >= 4 is 33.4 Å². The fourth-order valence-corrected chi connectivity index (χ4v) is 3.84. The number of rotatable bonds is 12. The Kier molecular flexibility index (Phi) is 9.68. The molecule has 3 atom stereocenters. The maximum Gasteiger partial charge on any atom is 0.297 e. The van der Waals surface area contributed by atoms with Crippen molar-refractivity contribution < 1.29 is 27.9 Å². The van der Waals surface area contributed by atoms with Crippen molar-refractivity contribution in [3.63, 3.8) is 0 Å². The molecule has 0 heterocycles. The highest BCUT2D eigenvalue weighted by atomic mass is 32.2. The molecule has 11 heteroatoms. The van der Waals surface area contributed by atoms with E-state index >= 15 is 0 Å². The van der Waals surface area contributed by atoms with Crippen LogP contribution in [-0.4, -0.2) is 60.6 Å². The number of hydrazone groups is 2. The molecule has 36 heavy (non-hydrogen) atoms. The molecule has 190 valence electrons. The third kappa shape index (κ3) is 7.97. The number of nitrogens with one attached hydrogen (secondary N) is 2. The number of nitrogens with zero attached hydrogens (tertiary/aromatic N) is 2. The quantitative estimate of drug-likeness (QED) is 0.141. The first kappa shape index (κ1) is 27.0. The Morgan fingerprint density at radius 2 is 1.44 bits per heavy atom. The lowest BCUT2D eigenvalue weighted by atomic mass is 10.0. The molecule has 0 spiro atoms. The van der Waals surface area contributed by atoms with E-state index in [0.29, 0.717) is 11.4 Å². The normalized spacial score (nSPS) is 14.8. The Hall–Kier alpha value is -3.61. The molecule has 0 saturated carbocycles. The molecular formula is C25H28N4O6S. The first-order chi connectivity index (χ1) is 17.3. The molecule has 0 aliphatic carbocycles. The Balaban J connectivity index is 1.69. The summed E-state index contributed by atoms with van der Waals surface area (Å²) in [6.45, 7) is 1.02. The standard InChI is InChI=1S/C25H28N4O6S/c1-18-12-14-21(15-13-18)36(33,34)35-17-23(30)25(32)24(31)22(29-28-20-10-6-3-7-11-20)16-26-27-19-8-4-2-5-9-19/h2-16,23-25,27-28,30-32H,17H2,1H3. The highest BCUT2D eigenvalue weighted by molar-refractivity contribution is 7.86. The van der Waals surface area contributed by atoms with Crippen molar-refractivity contribution in [2.75, 3.05) is 17.5 Å². The SMILES string of the molecule is Cc1ccc(S(=O)(=O)OCC(O)C(O)C(O)C(C=NNc2ccccc2)=NNc2ccccc2)cc1. The van der Waals surface area contributed by atoms with Crippen LogP contribution < -0.4 is 10.9 Å². The highest BCUT2D eigenvalue weighted by Gasteiger charge is 2.30. The molecule has 5 N–H and O–H groups in total. The van der Waals surface area contributed by atoms with Crippen LogP contribution in [0.15, 0.2) is 100 Å². The van der Waals surface area contributed by atoms with Crippen molar-refractivity contribution in [1.82, 2.24) is 0 Å². The van der Waals surface area contributed by atoms with Crippen molar-refractivity contribution in [1.29, 1.82) is 0 Å². The molecule has 3 rings (SSSR count). The van der Waals surface area contributed by atoms with Gasteiger partial charge in [0.1, 0.15) is 24.0 Å². The Labute approximate surface area is 209 Å². The highest BCUT2D eigenvalue weighted by Crippen LogP contribution is 2.15. The first-order valence-electron chi connectivity index (χ1n) is 11.0. The minimum absolute atomic E-state index is 0.0937. The maximum absolute atomic E-state index is 12.4. The Morgan fingerprint density at radius 1 is 0.889 bits per heavy atom. The zero-order valence-corrected chi connectivity index (χ0v) is 20.3. The van der Waals surface area contributed by atoms with E-state index < -0.39 is 35.0 Å². The second-order valence-corrected chi connectivity index (χ2v) is 9.42. The summed E-state index contributed by atoms with van der Waals surface area (Å²) in [6, 6.07) is 23.8. The molecule has 0 bridgehead atoms. The summed E-state index contributed by atoms with van der Waals surface area (Å²) in [5.74, 6) is 0. The summed E-state index contributed by atoms with van der Waals surface area (Å²) in [5, 5.41) is 39.7. The summed E-state index contributed by atoms with van der Waals surface area (Å²) >= 11 is 0. The van der Waals surface area contributed by atoms with Gasteiger partial charge in [0.25, 0.3) is 10.1 Å². The molecule has 0 aromatic heterocycles. The number of para-hydroxylation sites is 2. The summed E-state index contributed by atoms with van der Waals surface area (Å²) in [4.78, 5) is -0.0937. The van der Waals surface area contributed by atoms with Crippen molar-refractivity contribution in [2.24, 2.45) is 10.2 Å². The van der Waals surface area contributed by atoms with E-state index in [-0.39, 0.29) is 10.6 Å². The van der Waals surface area contributed by atoms with Gasteiger partial charge in [0, 0.05) is 0 Å². The van der Waals surface area contributed by atoms with Gasteiger partial charge in [-0.1, -0.05) is 54.1 Å². The van der Waals surface area contributed by atoms with Gasteiger partial charge >= 0.3 is 0 Å². The maximum atomic E-state index is 12.4. The summed E-state index contributed by atoms with van der Waals surface area (Å²) in [7, 11) is -4.17. The van der Waals surface area contributed by atoms with Gasteiger partial charge in [-0.3, -0.25) is 15.0 Å². The average molecular weight is 513 g/mol. The van der Waals surface area contributed by atoms with E-state index in [1.807, 2.05) is 31.2 Å². The molecule has 0 radical (unpaired) electrons. The number of anilines is 2. The topological polar surface area (TPSA) is 153 Å². The number of benzene rings is 3. The predicted molar refractivity (Wildman–Crippen MR) is 138 cm³/mol. The lowest BCUT2D eigenvalue weighted by Crippen LogP contribution is -2.45. The first-order valence-corrected chi connectivity index (χ1v) is 12.4. The Morgan fingerprint density at radius 3 is 2.03 bits per heavy atom. The van der Waals surface area contributed by atoms with Gasteiger partial charge in [-0.05, 0) is 43.3 Å². The predicted octanol–water partition coefficient (Wildman–Crippen LogP) is 2.35. The monoisotopic (exact) mass is 512 g/mol. The van der Waals surface area contributed by atoms with E-state index in [9.17, 15) is 23.7 Å². The van der Waals surface area contributed by atoms with Crippen LogP contribution in [0, 0.1) is 6.92 Å². The third-order valence-electron chi connectivity index (χ3n) is 4.98.